The zero-order valence-electron chi connectivity index (χ0n) is 14.4. The van der Waals surface area contributed by atoms with Crippen LogP contribution in [0, 0.1) is 5.92 Å². The van der Waals surface area contributed by atoms with Gasteiger partial charge in [-0.05, 0) is 37.3 Å². The zero-order chi connectivity index (χ0) is 19.3. The second-order valence-electron chi connectivity index (χ2n) is 6.52. The minimum absolute atomic E-state index is 0.0585. The topological polar surface area (TPSA) is 92.3 Å². The molecule has 0 radical (unpaired) electrons. The normalized spacial score (nSPS) is 19.7. The molecule has 0 aromatic heterocycles. The van der Waals surface area contributed by atoms with Crippen LogP contribution in [-0.4, -0.2) is 44.3 Å². The van der Waals surface area contributed by atoms with Crippen LogP contribution in [0.5, 0.6) is 0 Å². The molecule has 0 bridgehead atoms. The summed E-state index contributed by atoms with van der Waals surface area (Å²) in [5, 5.41) is 6.20. The Bertz CT molecular complexity index is 783. The van der Waals surface area contributed by atoms with E-state index >= 15 is 0 Å². The number of halogens is 2. The number of amides is 2. The summed E-state index contributed by atoms with van der Waals surface area (Å²) in [7, 11) is -2.96. The molecule has 9 heteroatoms. The van der Waals surface area contributed by atoms with Gasteiger partial charge < -0.3 is 10.6 Å². The van der Waals surface area contributed by atoms with Gasteiger partial charge in [0.1, 0.15) is 6.04 Å². The number of aryl methyl sites for hydroxylation is 1. The molecule has 2 amide bonds. The zero-order valence-corrected chi connectivity index (χ0v) is 16.8. The molecule has 2 unspecified atom stereocenters. The predicted molar refractivity (Wildman–Crippen MR) is 102 cm³/mol. The van der Waals surface area contributed by atoms with Gasteiger partial charge in [0.2, 0.25) is 11.8 Å². The molecular formula is C17H22Cl2N2O4S. The van der Waals surface area contributed by atoms with Gasteiger partial charge in [-0.3, -0.25) is 9.59 Å². The van der Waals surface area contributed by atoms with Crippen molar-refractivity contribution in [1.82, 2.24) is 10.6 Å². The monoisotopic (exact) mass is 420 g/mol. The van der Waals surface area contributed by atoms with Crippen molar-refractivity contribution < 1.29 is 18.0 Å². The quantitative estimate of drug-likeness (QED) is 0.704. The third kappa shape index (κ3) is 6.14. The summed E-state index contributed by atoms with van der Waals surface area (Å²) >= 11 is 12.0. The van der Waals surface area contributed by atoms with E-state index in [-0.39, 0.29) is 35.7 Å². The van der Waals surface area contributed by atoms with Gasteiger partial charge in [0.05, 0.1) is 21.6 Å². The molecular weight excluding hydrogens is 399 g/mol. The molecule has 144 valence electrons. The molecule has 0 saturated carbocycles. The van der Waals surface area contributed by atoms with Gasteiger partial charge in [-0.1, -0.05) is 35.3 Å². The van der Waals surface area contributed by atoms with E-state index in [1.807, 2.05) is 0 Å². The third-order valence-corrected chi connectivity index (χ3v) is 7.01. The molecule has 1 aromatic carbocycles. The Labute approximate surface area is 163 Å². The highest BCUT2D eigenvalue weighted by molar-refractivity contribution is 7.91. The highest BCUT2D eigenvalue weighted by atomic mass is 35.5. The SMILES string of the molecule is CC(NC(=O)CCc1cccc(Cl)c1Cl)C(=O)NCC1CCS(=O)(=O)C1. The average molecular weight is 421 g/mol. The van der Waals surface area contributed by atoms with Crippen molar-refractivity contribution in [3.05, 3.63) is 33.8 Å². The van der Waals surface area contributed by atoms with Gasteiger partial charge in [-0.25, -0.2) is 8.42 Å². The van der Waals surface area contributed by atoms with Gasteiger partial charge in [-0.15, -0.1) is 0 Å². The summed E-state index contributed by atoms with van der Waals surface area (Å²) < 4.78 is 22.8. The molecule has 2 rings (SSSR count). The van der Waals surface area contributed by atoms with Gasteiger partial charge in [0, 0.05) is 13.0 Å². The number of hydrogen-bond donors (Lipinski definition) is 2. The second-order valence-corrected chi connectivity index (χ2v) is 9.53. The summed E-state index contributed by atoms with van der Waals surface area (Å²) in [6, 6.07) is 4.54. The maximum absolute atomic E-state index is 12.1. The minimum Gasteiger partial charge on any atom is -0.354 e. The van der Waals surface area contributed by atoms with E-state index in [0.29, 0.717) is 29.4 Å². The Hall–Kier alpha value is -1.31. The van der Waals surface area contributed by atoms with E-state index in [1.165, 1.54) is 0 Å². The number of carbonyl (C=O) groups is 2. The largest absolute Gasteiger partial charge is 0.354 e. The molecule has 6 nitrogen and oxygen atoms in total. The van der Waals surface area contributed by atoms with Gasteiger partial charge in [-0.2, -0.15) is 0 Å². The standard InChI is InChI=1S/C17H22Cl2N2O4S/c1-11(17(23)20-9-12-7-8-26(24,25)10-12)21-15(22)6-5-13-3-2-4-14(18)16(13)19/h2-4,11-12H,5-10H2,1H3,(H,20,23)(H,21,22). The first-order valence-electron chi connectivity index (χ1n) is 8.38. The fraction of sp³-hybridized carbons (Fsp3) is 0.529. The van der Waals surface area contributed by atoms with Crippen molar-refractivity contribution in [2.75, 3.05) is 18.1 Å². The Kier molecular flexibility index (Phi) is 7.32. The van der Waals surface area contributed by atoms with Crippen LogP contribution in [0.1, 0.15) is 25.3 Å². The van der Waals surface area contributed by atoms with E-state index in [4.69, 9.17) is 23.2 Å². The van der Waals surface area contributed by atoms with Crippen molar-refractivity contribution >= 4 is 44.9 Å². The van der Waals surface area contributed by atoms with Crippen LogP contribution >= 0.6 is 23.2 Å². The smallest absolute Gasteiger partial charge is 0.242 e. The van der Waals surface area contributed by atoms with E-state index < -0.39 is 15.9 Å². The Balaban J connectivity index is 1.74. The molecule has 1 aromatic rings. The molecule has 0 spiro atoms. The predicted octanol–water partition coefficient (Wildman–Crippen LogP) is 1.98. The first-order valence-corrected chi connectivity index (χ1v) is 11.0. The number of hydrogen-bond acceptors (Lipinski definition) is 4. The molecule has 1 aliphatic heterocycles. The van der Waals surface area contributed by atoms with Crippen molar-refractivity contribution in [2.45, 2.75) is 32.2 Å². The minimum atomic E-state index is -2.96. The maximum atomic E-state index is 12.1. The Morgan fingerprint density at radius 1 is 1.31 bits per heavy atom. The lowest BCUT2D eigenvalue weighted by Gasteiger charge is -2.16. The van der Waals surface area contributed by atoms with Crippen molar-refractivity contribution in [3.63, 3.8) is 0 Å². The highest BCUT2D eigenvalue weighted by Crippen LogP contribution is 2.26. The maximum Gasteiger partial charge on any atom is 0.242 e. The lowest BCUT2D eigenvalue weighted by molar-refractivity contribution is -0.128. The summed E-state index contributed by atoms with van der Waals surface area (Å²) in [4.78, 5) is 24.1. The molecule has 1 aliphatic rings. The Morgan fingerprint density at radius 2 is 2.04 bits per heavy atom. The van der Waals surface area contributed by atoms with Gasteiger partial charge >= 0.3 is 0 Å². The fourth-order valence-electron chi connectivity index (χ4n) is 2.80. The van der Waals surface area contributed by atoms with Crippen LogP contribution < -0.4 is 10.6 Å². The van der Waals surface area contributed by atoms with E-state index in [2.05, 4.69) is 10.6 Å². The van der Waals surface area contributed by atoms with E-state index in [0.717, 1.165) is 5.56 Å². The first kappa shape index (κ1) is 21.0. The third-order valence-electron chi connectivity index (χ3n) is 4.32. The molecule has 2 atom stereocenters. The molecule has 1 fully saturated rings. The lowest BCUT2D eigenvalue weighted by Crippen LogP contribution is -2.46. The van der Waals surface area contributed by atoms with Crippen molar-refractivity contribution in [3.8, 4) is 0 Å². The fourth-order valence-corrected chi connectivity index (χ4v) is 5.08. The van der Waals surface area contributed by atoms with E-state index in [1.54, 1.807) is 25.1 Å². The van der Waals surface area contributed by atoms with Crippen LogP contribution in [0.4, 0.5) is 0 Å². The number of sulfone groups is 1. The van der Waals surface area contributed by atoms with Crippen LogP contribution in [0.25, 0.3) is 0 Å². The number of carbonyl (C=O) groups excluding carboxylic acids is 2. The summed E-state index contributed by atoms with van der Waals surface area (Å²) in [5.41, 5.74) is 0.772. The van der Waals surface area contributed by atoms with Crippen LogP contribution in [0.2, 0.25) is 10.0 Å². The second kappa shape index (κ2) is 9.06. The van der Waals surface area contributed by atoms with Crippen LogP contribution in [-0.2, 0) is 25.8 Å². The molecule has 26 heavy (non-hydrogen) atoms. The summed E-state index contributed by atoms with van der Waals surface area (Å²) in [6.45, 7) is 1.89. The summed E-state index contributed by atoms with van der Waals surface area (Å²) in [6.07, 6.45) is 1.15. The molecule has 2 N–H and O–H groups in total. The van der Waals surface area contributed by atoms with Crippen molar-refractivity contribution in [1.29, 1.82) is 0 Å². The van der Waals surface area contributed by atoms with E-state index in [9.17, 15) is 18.0 Å². The molecule has 1 saturated heterocycles. The van der Waals surface area contributed by atoms with Gasteiger partial charge in [0.25, 0.3) is 0 Å². The summed E-state index contributed by atoms with van der Waals surface area (Å²) in [5.74, 6) is -0.382. The first-order chi connectivity index (χ1) is 12.2. The van der Waals surface area contributed by atoms with Gasteiger partial charge in [0.15, 0.2) is 9.84 Å². The number of rotatable bonds is 7. The number of nitrogens with one attached hydrogen (secondary N) is 2. The number of benzene rings is 1. The average Bonchev–Trinajstić information content (AvgIpc) is 2.93. The van der Waals surface area contributed by atoms with Crippen LogP contribution in [0.3, 0.4) is 0 Å². The Morgan fingerprint density at radius 3 is 2.69 bits per heavy atom. The molecule has 0 aliphatic carbocycles. The highest BCUT2D eigenvalue weighted by Gasteiger charge is 2.28. The van der Waals surface area contributed by atoms with Crippen LogP contribution in [0.15, 0.2) is 18.2 Å². The van der Waals surface area contributed by atoms with Crippen molar-refractivity contribution in [2.24, 2.45) is 5.92 Å². The lowest BCUT2D eigenvalue weighted by atomic mass is 10.1. The molecule has 1 heterocycles.